The summed E-state index contributed by atoms with van der Waals surface area (Å²) < 4.78 is 11.6. The summed E-state index contributed by atoms with van der Waals surface area (Å²) in [5.74, 6) is 1.28. The lowest BCUT2D eigenvalue weighted by atomic mass is 9.71. The molecule has 2 N–H and O–H groups in total. The zero-order valence-corrected chi connectivity index (χ0v) is 17.2. The lowest BCUT2D eigenvalue weighted by Gasteiger charge is -2.37. The maximum Gasteiger partial charge on any atom is 0.220 e. The molecule has 1 aromatic carbocycles. The first-order valence-electron chi connectivity index (χ1n) is 10.8. The molecule has 156 valence electrons. The van der Waals surface area contributed by atoms with Gasteiger partial charge in [-0.15, -0.1) is 0 Å². The molecule has 2 fully saturated rings. The molecule has 6 nitrogen and oxygen atoms in total. The van der Waals surface area contributed by atoms with E-state index in [0.29, 0.717) is 5.95 Å². The summed E-state index contributed by atoms with van der Waals surface area (Å²) in [7, 11) is 0. The van der Waals surface area contributed by atoms with Crippen LogP contribution in [-0.4, -0.2) is 54.3 Å². The monoisotopic (exact) mass is 396 g/mol. The molecule has 29 heavy (non-hydrogen) atoms. The molecule has 2 aliphatic rings. The molecule has 0 amide bonds. The number of benzene rings is 1. The summed E-state index contributed by atoms with van der Waals surface area (Å²) in [6.07, 6.45) is 8.31. The quantitative estimate of drug-likeness (QED) is 0.691. The van der Waals surface area contributed by atoms with Crippen LogP contribution in [0.5, 0.6) is 5.75 Å². The number of rotatable bonds is 8. The maximum absolute atomic E-state index is 5.99. The Morgan fingerprint density at radius 3 is 2.55 bits per heavy atom. The second-order valence-electron chi connectivity index (χ2n) is 8.25. The van der Waals surface area contributed by atoms with E-state index in [-0.39, 0.29) is 5.41 Å². The average Bonchev–Trinajstić information content (AvgIpc) is 3.26. The van der Waals surface area contributed by atoms with Crippen molar-refractivity contribution in [3.63, 3.8) is 0 Å². The molecule has 1 aromatic heterocycles. The largest absolute Gasteiger partial charge is 0.494 e. The summed E-state index contributed by atoms with van der Waals surface area (Å²) in [5.41, 5.74) is 8.13. The molecule has 2 aliphatic heterocycles. The number of nitrogens with zero attached hydrogens (tertiary/aromatic N) is 3. The van der Waals surface area contributed by atoms with E-state index in [4.69, 9.17) is 15.2 Å². The van der Waals surface area contributed by atoms with Crippen LogP contribution in [-0.2, 0) is 16.6 Å². The zero-order valence-electron chi connectivity index (χ0n) is 17.2. The predicted molar refractivity (Wildman–Crippen MR) is 114 cm³/mol. The molecule has 2 aromatic rings. The van der Waals surface area contributed by atoms with E-state index in [0.717, 1.165) is 63.5 Å². The van der Waals surface area contributed by atoms with Crippen LogP contribution < -0.4 is 10.5 Å². The van der Waals surface area contributed by atoms with E-state index in [1.54, 1.807) is 6.20 Å². The highest BCUT2D eigenvalue weighted by atomic mass is 16.5. The zero-order chi connectivity index (χ0) is 19.9. The minimum Gasteiger partial charge on any atom is -0.494 e. The minimum absolute atomic E-state index is 0.0212. The van der Waals surface area contributed by atoms with Gasteiger partial charge in [0.1, 0.15) is 5.75 Å². The number of nitrogen functional groups attached to an aromatic ring is 1. The highest BCUT2D eigenvalue weighted by molar-refractivity contribution is 5.34. The predicted octanol–water partition coefficient (Wildman–Crippen LogP) is 3.21. The number of hydrogen-bond acceptors (Lipinski definition) is 6. The fraction of sp³-hybridized carbons (Fsp3) is 0.565. The topological polar surface area (TPSA) is 73.5 Å². The number of likely N-dealkylation sites (tertiary alicyclic amines) is 1. The molecule has 0 unspecified atom stereocenters. The highest BCUT2D eigenvalue weighted by Gasteiger charge is 2.35. The van der Waals surface area contributed by atoms with Crippen LogP contribution in [0.2, 0.25) is 0 Å². The van der Waals surface area contributed by atoms with Gasteiger partial charge in [0.2, 0.25) is 5.95 Å². The Hall–Kier alpha value is -2.18. The van der Waals surface area contributed by atoms with Crippen molar-refractivity contribution < 1.29 is 9.47 Å². The van der Waals surface area contributed by atoms with Gasteiger partial charge in [-0.3, -0.25) is 0 Å². The molecule has 0 radical (unpaired) electrons. The Kier molecular flexibility index (Phi) is 6.62. The standard InChI is InChI=1S/C23H32N4O2/c24-22-25-11-8-20(26-22)18-23(9-16-28-17-10-23)19-4-6-21(7-5-19)29-15-3-14-27-12-1-2-13-27/h4-8,11H,1-3,9-10,12-18H2,(H2,24,25,26). The summed E-state index contributed by atoms with van der Waals surface area (Å²) in [6.45, 7) is 5.96. The van der Waals surface area contributed by atoms with Crippen molar-refractivity contribution in [2.24, 2.45) is 0 Å². The van der Waals surface area contributed by atoms with Gasteiger partial charge in [-0.25, -0.2) is 9.97 Å². The van der Waals surface area contributed by atoms with Crippen LogP contribution >= 0.6 is 0 Å². The lowest BCUT2D eigenvalue weighted by Crippen LogP contribution is -2.36. The third-order valence-electron chi connectivity index (χ3n) is 6.25. The van der Waals surface area contributed by atoms with Crippen LogP contribution in [0, 0.1) is 0 Å². The Morgan fingerprint density at radius 2 is 1.83 bits per heavy atom. The van der Waals surface area contributed by atoms with E-state index in [2.05, 4.69) is 39.1 Å². The van der Waals surface area contributed by atoms with Crippen LogP contribution in [0.1, 0.15) is 43.4 Å². The number of nitrogens with two attached hydrogens (primary N) is 1. The number of hydrogen-bond donors (Lipinski definition) is 1. The molecule has 2 saturated heterocycles. The van der Waals surface area contributed by atoms with Gasteiger partial charge < -0.3 is 20.1 Å². The summed E-state index contributed by atoms with van der Waals surface area (Å²) >= 11 is 0. The van der Waals surface area contributed by atoms with Crippen molar-refractivity contribution >= 4 is 5.95 Å². The summed E-state index contributed by atoms with van der Waals surface area (Å²) in [6, 6.07) is 10.6. The van der Waals surface area contributed by atoms with Crippen LogP contribution in [0.15, 0.2) is 36.5 Å². The Labute approximate surface area is 173 Å². The molecular weight excluding hydrogens is 364 g/mol. The second-order valence-corrected chi connectivity index (χ2v) is 8.25. The van der Waals surface area contributed by atoms with Crippen LogP contribution in [0.3, 0.4) is 0 Å². The van der Waals surface area contributed by atoms with Gasteiger partial charge in [-0.05, 0) is 75.4 Å². The van der Waals surface area contributed by atoms with Gasteiger partial charge in [0.05, 0.1) is 6.61 Å². The van der Waals surface area contributed by atoms with Crippen molar-refractivity contribution in [3.05, 3.63) is 47.8 Å². The number of aromatic nitrogens is 2. The van der Waals surface area contributed by atoms with Gasteiger partial charge in [-0.2, -0.15) is 0 Å². The molecular formula is C23H32N4O2. The van der Waals surface area contributed by atoms with Crippen molar-refractivity contribution in [2.45, 2.75) is 43.9 Å². The van der Waals surface area contributed by atoms with Crippen molar-refractivity contribution in [3.8, 4) is 5.75 Å². The third-order valence-corrected chi connectivity index (χ3v) is 6.25. The number of anilines is 1. The van der Waals surface area contributed by atoms with Crippen LogP contribution in [0.4, 0.5) is 5.95 Å². The first-order chi connectivity index (χ1) is 14.2. The second kappa shape index (κ2) is 9.55. The highest BCUT2D eigenvalue weighted by Crippen LogP contribution is 2.38. The van der Waals surface area contributed by atoms with Gasteiger partial charge >= 0.3 is 0 Å². The normalized spacial score (nSPS) is 19.3. The van der Waals surface area contributed by atoms with Gasteiger partial charge in [0.15, 0.2) is 0 Å². The van der Waals surface area contributed by atoms with E-state index in [1.807, 2.05) is 6.07 Å². The van der Waals surface area contributed by atoms with Crippen molar-refractivity contribution in [2.75, 3.05) is 45.2 Å². The van der Waals surface area contributed by atoms with Gasteiger partial charge in [0.25, 0.3) is 0 Å². The van der Waals surface area contributed by atoms with Crippen molar-refractivity contribution in [1.29, 1.82) is 0 Å². The third kappa shape index (κ3) is 5.25. The summed E-state index contributed by atoms with van der Waals surface area (Å²) in [4.78, 5) is 11.0. The van der Waals surface area contributed by atoms with E-state index in [1.165, 1.54) is 31.5 Å². The lowest BCUT2D eigenvalue weighted by molar-refractivity contribution is 0.0497. The van der Waals surface area contributed by atoms with E-state index in [9.17, 15) is 0 Å². The van der Waals surface area contributed by atoms with Crippen LogP contribution in [0.25, 0.3) is 0 Å². The SMILES string of the molecule is Nc1nccc(CC2(c3ccc(OCCCN4CCCC4)cc3)CCOCC2)n1. The van der Waals surface area contributed by atoms with E-state index >= 15 is 0 Å². The molecule has 3 heterocycles. The number of ether oxygens (including phenoxy) is 2. The molecule has 0 aliphatic carbocycles. The minimum atomic E-state index is 0.0212. The van der Waals surface area contributed by atoms with Gasteiger partial charge in [0, 0.05) is 37.1 Å². The average molecular weight is 397 g/mol. The van der Waals surface area contributed by atoms with Crippen molar-refractivity contribution in [1.82, 2.24) is 14.9 Å². The van der Waals surface area contributed by atoms with Gasteiger partial charge in [-0.1, -0.05) is 12.1 Å². The Bertz CT molecular complexity index is 769. The molecule has 0 saturated carbocycles. The Balaban J connectivity index is 1.38. The first-order valence-corrected chi connectivity index (χ1v) is 10.8. The van der Waals surface area contributed by atoms with E-state index < -0.39 is 0 Å². The fourth-order valence-electron chi connectivity index (χ4n) is 4.58. The summed E-state index contributed by atoms with van der Waals surface area (Å²) in [5, 5.41) is 0. The first kappa shape index (κ1) is 20.1. The maximum atomic E-state index is 5.99. The molecule has 0 spiro atoms. The molecule has 6 heteroatoms. The Morgan fingerprint density at radius 1 is 1.07 bits per heavy atom. The smallest absolute Gasteiger partial charge is 0.220 e. The molecule has 4 rings (SSSR count). The fourth-order valence-corrected chi connectivity index (χ4v) is 4.58. The molecule has 0 atom stereocenters. The molecule has 0 bridgehead atoms.